The first-order valence-corrected chi connectivity index (χ1v) is 10.7. The lowest BCUT2D eigenvalue weighted by Crippen LogP contribution is -2.24. The van der Waals surface area contributed by atoms with Crippen molar-refractivity contribution in [2.75, 3.05) is 11.9 Å². The molecule has 166 valence electrons. The first-order valence-electron chi connectivity index (χ1n) is 10.7. The molecule has 0 aliphatic heterocycles. The number of rotatable bonds is 4. The van der Waals surface area contributed by atoms with Gasteiger partial charge in [0.1, 0.15) is 5.75 Å². The Bertz CT molecular complexity index is 882. The van der Waals surface area contributed by atoms with E-state index in [4.69, 9.17) is 5.73 Å². The maximum absolute atomic E-state index is 9.61. The molecule has 7 heteroatoms. The smallest absolute Gasteiger partial charge is 0.229 e. The van der Waals surface area contributed by atoms with Gasteiger partial charge in [-0.3, -0.25) is 10.3 Å². The molecule has 2 aromatic heterocycles. The number of nitrogens with one attached hydrogen (secondary N) is 2. The highest BCUT2D eigenvalue weighted by Crippen LogP contribution is 2.23. The van der Waals surface area contributed by atoms with Crippen molar-refractivity contribution in [1.29, 1.82) is 0 Å². The van der Waals surface area contributed by atoms with Gasteiger partial charge in [-0.05, 0) is 50.1 Å². The van der Waals surface area contributed by atoms with Gasteiger partial charge >= 0.3 is 0 Å². The van der Waals surface area contributed by atoms with E-state index in [2.05, 4.69) is 25.3 Å². The Labute approximate surface area is 180 Å². The molecule has 0 fully saturated rings. The number of aromatic hydroxyl groups is 1. The number of nitrogens with two attached hydrogens (primary N) is 1. The van der Waals surface area contributed by atoms with E-state index in [1.807, 2.05) is 73.7 Å². The number of hydrogen-bond donors (Lipinski definition) is 4. The standard InChI is InChI=1S/C17H20N6O.3C2H6/c1-10-7-11(2)22-17(21-10)23-16(18)19-6-5-12-9-20-15-4-3-13(24)8-14(12)15;3*1-2/h3-4,7-9,20,24H,5-6H2,1-2H3,(H3,18,19,21,22,23);3*1-2H3. The fourth-order valence-electron chi connectivity index (χ4n) is 2.61. The quantitative estimate of drug-likeness (QED) is 0.340. The molecule has 0 aliphatic carbocycles. The predicted molar refractivity (Wildman–Crippen MR) is 129 cm³/mol. The van der Waals surface area contributed by atoms with Gasteiger partial charge in [0.25, 0.3) is 0 Å². The van der Waals surface area contributed by atoms with E-state index < -0.39 is 0 Å². The minimum atomic E-state index is 0.250. The molecule has 0 amide bonds. The van der Waals surface area contributed by atoms with E-state index in [9.17, 15) is 5.11 Å². The lowest BCUT2D eigenvalue weighted by Gasteiger charge is -2.05. The molecular weight excluding hydrogens is 376 g/mol. The predicted octanol–water partition coefficient (Wildman–Crippen LogP) is 5.33. The second-order valence-electron chi connectivity index (χ2n) is 5.66. The van der Waals surface area contributed by atoms with Crippen LogP contribution in [0.15, 0.2) is 35.5 Å². The molecule has 0 bridgehead atoms. The molecule has 0 saturated heterocycles. The van der Waals surface area contributed by atoms with Crippen LogP contribution < -0.4 is 11.1 Å². The number of nitrogens with zero attached hydrogens (tertiary/aromatic N) is 3. The van der Waals surface area contributed by atoms with Gasteiger partial charge in [-0.15, -0.1) is 0 Å². The summed E-state index contributed by atoms with van der Waals surface area (Å²) in [5.74, 6) is 0.980. The van der Waals surface area contributed by atoms with Crippen molar-refractivity contribution < 1.29 is 5.11 Å². The van der Waals surface area contributed by atoms with Crippen LogP contribution in [0.3, 0.4) is 0 Å². The zero-order chi connectivity index (χ0) is 23.1. The first-order chi connectivity index (χ1) is 14.5. The third-order valence-corrected chi connectivity index (χ3v) is 3.64. The molecule has 3 rings (SSSR count). The number of aromatic amines is 1. The zero-order valence-corrected chi connectivity index (χ0v) is 19.7. The third kappa shape index (κ3) is 8.51. The van der Waals surface area contributed by atoms with Crippen LogP contribution >= 0.6 is 0 Å². The van der Waals surface area contributed by atoms with E-state index in [0.717, 1.165) is 27.9 Å². The molecule has 1 aromatic carbocycles. The van der Waals surface area contributed by atoms with Gasteiger partial charge < -0.3 is 15.8 Å². The number of aryl methyl sites for hydroxylation is 2. The maximum Gasteiger partial charge on any atom is 0.229 e. The van der Waals surface area contributed by atoms with E-state index in [0.29, 0.717) is 18.9 Å². The van der Waals surface area contributed by atoms with Crippen molar-refractivity contribution in [1.82, 2.24) is 15.0 Å². The number of phenols is 1. The van der Waals surface area contributed by atoms with Crippen molar-refractivity contribution in [3.05, 3.63) is 47.4 Å². The van der Waals surface area contributed by atoms with Crippen LogP contribution in [-0.4, -0.2) is 32.6 Å². The highest BCUT2D eigenvalue weighted by molar-refractivity contribution is 5.90. The maximum atomic E-state index is 9.61. The van der Waals surface area contributed by atoms with Gasteiger partial charge in [-0.2, -0.15) is 0 Å². The van der Waals surface area contributed by atoms with Crippen LogP contribution in [0.25, 0.3) is 10.9 Å². The van der Waals surface area contributed by atoms with E-state index >= 15 is 0 Å². The van der Waals surface area contributed by atoms with Crippen molar-refractivity contribution in [3.63, 3.8) is 0 Å². The Morgan fingerprint density at radius 2 is 1.63 bits per heavy atom. The second-order valence-corrected chi connectivity index (χ2v) is 5.66. The summed E-state index contributed by atoms with van der Waals surface area (Å²) < 4.78 is 0. The van der Waals surface area contributed by atoms with Gasteiger partial charge in [0.15, 0.2) is 5.96 Å². The number of aliphatic imine (C=N–C) groups is 1. The average Bonchev–Trinajstić information content (AvgIpc) is 3.14. The molecule has 0 spiro atoms. The lowest BCUT2D eigenvalue weighted by molar-refractivity contribution is 0.476. The van der Waals surface area contributed by atoms with E-state index in [-0.39, 0.29) is 11.7 Å². The van der Waals surface area contributed by atoms with Crippen LogP contribution in [0, 0.1) is 13.8 Å². The molecular formula is C23H38N6O. The summed E-state index contributed by atoms with van der Waals surface area (Å²) >= 11 is 0. The number of H-pyrrole nitrogens is 1. The molecule has 0 aliphatic rings. The highest BCUT2D eigenvalue weighted by atomic mass is 16.3. The average molecular weight is 415 g/mol. The Kier molecular flexibility index (Phi) is 13.3. The molecule has 30 heavy (non-hydrogen) atoms. The summed E-state index contributed by atoms with van der Waals surface area (Å²) in [5, 5.41) is 13.5. The van der Waals surface area contributed by atoms with Crippen LogP contribution in [0.1, 0.15) is 58.5 Å². The minimum absolute atomic E-state index is 0.250. The van der Waals surface area contributed by atoms with Gasteiger partial charge in [-0.25, -0.2) is 9.97 Å². The molecule has 0 saturated carbocycles. The SMILES string of the molecule is CC.CC.CC.Cc1cc(C)nc(NC(N)=NCCc2c[nH]c3ccc(O)cc23)n1. The van der Waals surface area contributed by atoms with Gasteiger partial charge in [-0.1, -0.05) is 41.5 Å². The minimum Gasteiger partial charge on any atom is -0.508 e. The molecule has 5 N–H and O–H groups in total. The Balaban J connectivity index is 0.00000129. The number of hydrogen-bond acceptors (Lipinski definition) is 4. The van der Waals surface area contributed by atoms with Gasteiger partial charge in [0.2, 0.25) is 5.95 Å². The van der Waals surface area contributed by atoms with Crippen molar-refractivity contribution >= 4 is 22.8 Å². The van der Waals surface area contributed by atoms with Gasteiger partial charge in [0, 0.05) is 35.0 Å². The van der Waals surface area contributed by atoms with Crippen molar-refractivity contribution in [2.45, 2.75) is 61.8 Å². The van der Waals surface area contributed by atoms with Crippen LogP contribution in [0.5, 0.6) is 5.75 Å². The first kappa shape index (κ1) is 26.9. The van der Waals surface area contributed by atoms with Crippen LogP contribution in [-0.2, 0) is 6.42 Å². The summed E-state index contributed by atoms with van der Waals surface area (Å²) in [7, 11) is 0. The number of benzene rings is 1. The number of anilines is 1. The largest absolute Gasteiger partial charge is 0.508 e. The Hall–Kier alpha value is -3.09. The molecule has 2 heterocycles. The summed E-state index contributed by atoms with van der Waals surface area (Å²) in [5.41, 5.74) is 9.71. The molecule has 0 atom stereocenters. The highest BCUT2D eigenvalue weighted by Gasteiger charge is 2.05. The lowest BCUT2D eigenvalue weighted by atomic mass is 10.1. The second kappa shape index (κ2) is 14.8. The topological polar surface area (TPSA) is 112 Å². The normalized spacial score (nSPS) is 10.1. The Morgan fingerprint density at radius 1 is 1.03 bits per heavy atom. The van der Waals surface area contributed by atoms with Crippen molar-refractivity contribution in [3.8, 4) is 5.75 Å². The van der Waals surface area contributed by atoms with Crippen LogP contribution in [0.4, 0.5) is 5.95 Å². The van der Waals surface area contributed by atoms with Gasteiger partial charge in [0.05, 0.1) is 0 Å². The summed E-state index contributed by atoms with van der Waals surface area (Å²) in [4.78, 5) is 16.0. The third-order valence-electron chi connectivity index (χ3n) is 3.64. The van der Waals surface area contributed by atoms with E-state index in [1.165, 1.54) is 0 Å². The van der Waals surface area contributed by atoms with Crippen LogP contribution in [0.2, 0.25) is 0 Å². The molecule has 0 radical (unpaired) electrons. The molecule has 3 aromatic rings. The number of guanidine groups is 1. The number of phenolic OH excluding ortho intramolecular Hbond substituents is 1. The van der Waals surface area contributed by atoms with Crippen molar-refractivity contribution in [2.24, 2.45) is 10.7 Å². The zero-order valence-electron chi connectivity index (χ0n) is 19.7. The Morgan fingerprint density at radius 3 is 2.23 bits per heavy atom. The number of aromatic nitrogens is 3. The van der Waals surface area contributed by atoms with E-state index in [1.54, 1.807) is 12.1 Å². The fraction of sp³-hybridized carbons (Fsp3) is 0.435. The molecule has 7 nitrogen and oxygen atoms in total. The summed E-state index contributed by atoms with van der Waals surface area (Å²) in [6.45, 7) is 16.3. The summed E-state index contributed by atoms with van der Waals surface area (Å²) in [6, 6.07) is 7.15. The number of fused-ring (bicyclic) bond motifs is 1. The summed E-state index contributed by atoms with van der Waals surface area (Å²) in [6.07, 6.45) is 2.63. The monoisotopic (exact) mass is 414 g/mol. The molecule has 0 unspecified atom stereocenters. The fourth-order valence-corrected chi connectivity index (χ4v) is 2.61.